The number of carbonyl (C=O) groups is 1. The molecule has 0 aromatic heterocycles. The molecule has 0 fully saturated rings. The third kappa shape index (κ3) is 4.07. The highest BCUT2D eigenvalue weighted by atomic mass is 16.5. The van der Waals surface area contributed by atoms with Gasteiger partial charge in [0.05, 0.1) is 11.6 Å². The van der Waals surface area contributed by atoms with E-state index in [9.17, 15) is 4.79 Å². The van der Waals surface area contributed by atoms with Crippen LogP contribution in [0.2, 0.25) is 0 Å². The topological polar surface area (TPSA) is 50.1 Å². The monoisotopic (exact) mass is 163 g/mol. The Bertz CT molecular complexity index is 258. The Balaban J connectivity index is 3.95. The zero-order valence-corrected chi connectivity index (χ0v) is 6.62. The third-order valence-electron chi connectivity index (χ3n) is 0.954. The van der Waals surface area contributed by atoms with Gasteiger partial charge in [0.1, 0.15) is 6.61 Å². The van der Waals surface area contributed by atoms with E-state index in [0.29, 0.717) is 0 Å². The van der Waals surface area contributed by atoms with Gasteiger partial charge in [-0.25, -0.2) is 4.79 Å². The Morgan fingerprint density at radius 2 is 2.33 bits per heavy atom. The zero-order chi connectivity index (χ0) is 9.40. The van der Waals surface area contributed by atoms with E-state index in [2.05, 4.69) is 17.9 Å². The molecule has 0 atom stereocenters. The van der Waals surface area contributed by atoms with Crippen molar-refractivity contribution in [3.8, 4) is 6.07 Å². The number of esters is 1. The average molecular weight is 163 g/mol. The Labute approximate surface area is 71.3 Å². The second kappa shape index (κ2) is 5.93. The van der Waals surface area contributed by atoms with E-state index >= 15 is 0 Å². The van der Waals surface area contributed by atoms with Crippen molar-refractivity contribution < 1.29 is 9.53 Å². The minimum atomic E-state index is -0.540. The van der Waals surface area contributed by atoms with Crippen molar-refractivity contribution in [1.29, 1.82) is 5.26 Å². The van der Waals surface area contributed by atoms with Crippen LogP contribution >= 0.6 is 0 Å². The smallest absolute Gasteiger partial charge is 0.337 e. The lowest BCUT2D eigenvalue weighted by Crippen LogP contribution is -2.05. The van der Waals surface area contributed by atoms with Crippen LogP contribution in [0.15, 0.2) is 37.0 Å². The molecule has 0 aromatic rings. The van der Waals surface area contributed by atoms with Gasteiger partial charge in [-0.3, -0.25) is 0 Å². The molecular formula is C9H9NO2. The molecule has 3 heteroatoms. The molecule has 0 saturated heterocycles. The molecule has 0 heterocycles. The fourth-order valence-electron chi connectivity index (χ4n) is 0.433. The number of carbonyl (C=O) groups excluding carboxylic acids is 1. The quantitative estimate of drug-likeness (QED) is 0.207. The van der Waals surface area contributed by atoms with Crippen molar-refractivity contribution in [1.82, 2.24) is 0 Å². The van der Waals surface area contributed by atoms with Crippen molar-refractivity contribution in [3.63, 3.8) is 0 Å². The highest BCUT2D eigenvalue weighted by Gasteiger charge is 2.02. The summed E-state index contributed by atoms with van der Waals surface area (Å²) in [5.41, 5.74) is 0.151. The molecule has 12 heavy (non-hydrogen) atoms. The number of rotatable bonds is 4. The van der Waals surface area contributed by atoms with Crippen LogP contribution < -0.4 is 0 Å². The fourth-order valence-corrected chi connectivity index (χ4v) is 0.433. The standard InChI is InChI=1S/C9H9NO2/c1-3-7-12-9(11)8(2)5-4-6-10/h3-5H,1-2,7H2. The van der Waals surface area contributed by atoms with E-state index in [1.54, 1.807) is 6.07 Å². The largest absolute Gasteiger partial charge is 0.458 e. The molecule has 62 valence electrons. The summed E-state index contributed by atoms with van der Waals surface area (Å²) < 4.78 is 4.63. The van der Waals surface area contributed by atoms with Crippen LogP contribution in [0.4, 0.5) is 0 Å². The first-order valence-corrected chi connectivity index (χ1v) is 3.25. The first kappa shape index (κ1) is 10.2. The molecule has 0 bridgehead atoms. The number of nitrogens with zero attached hydrogens (tertiary/aromatic N) is 1. The Kier molecular flexibility index (Phi) is 5.03. The predicted molar refractivity (Wildman–Crippen MR) is 45.0 cm³/mol. The van der Waals surface area contributed by atoms with Gasteiger partial charge in [0, 0.05) is 6.08 Å². The van der Waals surface area contributed by atoms with Gasteiger partial charge < -0.3 is 4.74 Å². The molecule has 0 N–H and O–H groups in total. The van der Waals surface area contributed by atoms with Crippen molar-refractivity contribution in [2.45, 2.75) is 0 Å². The summed E-state index contributed by atoms with van der Waals surface area (Å²) in [6.45, 7) is 6.93. The van der Waals surface area contributed by atoms with Crippen molar-refractivity contribution in [2.24, 2.45) is 0 Å². The van der Waals surface area contributed by atoms with Crippen molar-refractivity contribution in [2.75, 3.05) is 6.61 Å². The van der Waals surface area contributed by atoms with Gasteiger partial charge in [-0.1, -0.05) is 19.2 Å². The number of hydrogen-bond donors (Lipinski definition) is 0. The third-order valence-corrected chi connectivity index (χ3v) is 0.954. The summed E-state index contributed by atoms with van der Waals surface area (Å²) >= 11 is 0. The van der Waals surface area contributed by atoms with Crippen LogP contribution in [0.25, 0.3) is 0 Å². The molecule has 3 nitrogen and oxygen atoms in total. The molecule has 0 spiro atoms. The van der Waals surface area contributed by atoms with E-state index in [0.717, 1.165) is 6.08 Å². The number of allylic oxidation sites excluding steroid dienone is 1. The first-order valence-electron chi connectivity index (χ1n) is 3.25. The average Bonchev–Trinajstić information content (AvgIpc) is 2.10. The van der Waals surface area contributed by atoms with Gasteiger partial charge >= 0.3 is 5.97 Å². The summed E-state index contributed by atoms with van der Waals surface area (Å²) in [6.07, 6.45) is 3.92. The van der Waals surface area contributed by atoms with E-state index in [4.69, 9.17) is 5.26 Å². The van der Waals surface area contributed by atoms with Crippen LogP contribution in [0.5, 0.6) is 0 Å². The minimum Gasteiger partial charge on any atom is -0.458 e. The van der Waals surface area contributed by atoms with Crippen LogP contribution in [-0.2, 0) is 9.53 Å². The normalized spacial score (nSPS) is 8.92. The summed E-state index contributed by atoms with van der Waals surface area (Å²) in [7, 11) is 0. The number of nitriles is 1. The summed E-state index contributed by atoms with van der Waals surface area (Å²) in [6, 6.07) is 1.74. The van der Waals surface area contributed by atoms with Gasteiger partial charge in [-0.2, -0.15) is 5.26 Å². The molecular weight excluding hydrogens is 154 g/mol. The van der Waals surface area contributed by atoms with Crippen molar-refractivity contribution >= 4 is 5.97 Å². The second-order valence-corrected chi connectivity index (χ2v) is 1.87. The van der Waals surface area contributed by atoms with Gasteiger partial charge in [-0.15, -0.1) is 0 Å². The van der Waals surface area contributed by atoms with Gasteiger partial charge in [0.25, 0.3) is 0 Å². The lowest BCUT2D eigenvalue weighted by molar-refractivity contribution is -0.137. The minimum absolute atomic E-state index is 0.151. The van der Waals surface area contributed by atoms with E-state index in [-0.39, 0.29) is 12.2 Å². The van der Waals surface area contributed by atoms with Gasteiger partial charge in [0.2, 0.25) is 0 Å². The zero-order valence-electron chi connectivity index (χ0n) is 6.62. The molecule has 0 saturated carbocycles. The van der Waals surface area contributed by atoms with E-state index < -0.39 is 5.97 Å². The molecule has 0 aromatic carbocycles. The van der Waals surface area contributed by atoms with E-state index in [1.165, 1.54) is 12.2 Å². The van der Waals surface area contributed by atoms with Gasteiger partial charge in [-0.05, 0) is 6.08 Å². The Morgan fingerprint density at radius 3 is 2.83 bits per heavy atom. The molecule has 0 aliphatic rings. The molecule has 0 unspecified atom stereocenters. The molecule has 0 radical (unpaired) electrons. The highest BCUT2D eigenvalue weighted by molar-refractivity contribution is 5.90. The maximum absolute atomic E-state index is 10.9. The molecule has 0 amide bonds. The Morgan fingerprint density at radius 1 is 1.67 bits per heavy atom. The highest BCUT2D eigenvalue weighted by Crippen LogP contribution is 1.96. The fraction of sp³-hybridized carbons (Fsp3) is 0.111. The second-order valence-electron chi connectivity index (χ2n) is 1.87. The van der Waals surface area contributed by atoms with Crippen LogP contribution in [0.3, 0.4) is 0 Å². The first-order chi connectivity index (χ1) is 5.72. The summed E-state index contributed by atoms with van der Waals surface area (Å²) in [4.78, 5) is 10.9. The predicted octanol–water partition coefficient (Wildman–Crippen LogP) is 1.35. The van der Waals surface area contributed by atoms with E-state index in [1.807, 2.05) is 0 Å². The van der Waals surface area contributed by atoms with Crippen LogP contribution in [-0.4, -0.2) is 12.6 Å². The number of ether oxygens (including phenoxy) is 1. The van der Waals surface area contributed by atoms with Crippen LogP contribution in [0, 0.1) is 11.3 Å². The van der Waals surface area contributed by atoms with Crippen molar-refractivity contribution in [3.05, 3.63) is 37.0 Å². The lowest BCUT2D eigenvalue weighted by Gasteiger charge is -1.98. The SMILES string of the molecule is C=CCOC(=O)C(=C)C=CC#N. The number of hydrogen-bond acceptors (Lipinski definition) is 3. The van der Waals surface area contributed by atoms with Gasteiger partial charge in [0.15, 0.2) is 0 Å². The molecule has 0 aliphatic carbocycles. The Hall–Kier alpha value is -1.82. The molecule has 0 aliphatic heterocycles. The summed E-state index contributed by atoms with van der Waals surface area (Å²) in [5, 5.41) is 8.13. The molecule has 0 rings (SSSR count). The van der Waals surface area contributed by atoms with Crippen LogP contribution in [0.1, 0.15) is 0 Å². The maximum atomic E-state index is 10.9. The lowest BCUT2D eigenvalue weighted by atomic mass is 10.3. The maximum Gasteiger partial charge on any atom is 0.337 e. The summed E-state index contributed by atoms with van der Waals surface area (Å²) in [5.74, 6) is -0.540.